The van der Waals surface area contributed by atoms with Crippen molar-refractivity contribution >= 4 is 41.4 Å². The number of halogens is 3. The van der Waals surface area contributed by atoms with Gasteiger partial charge in [-0.2, -0.15) is 13.2 Å². The Balaban J connectivity index is 0.00000171. The second-order valence-corrected chi connectivity index (χ2v) is 8.15. The molecule has 2 amide bonds. The summed E-state index contributed by atoms with van der Waals surface area (Å²) >= 11 is 0. The first kappa shape index (κ1) is 33.6. The van der Waals surface area contributed by atoms with Crippen molar-refractivity contribution in [2.24, 2.45) is 22.4 Å². The van der Waals surface area contributed by atoms with Crippen LogP contribution < -0.4 is 22.1 Å². The Bertz CT molecular complexity index is 1010. The number of carboxylic acid groups (broad SMARTS) is 3. The van der Waals surface area contributed by atoms with Crippen LogP contribution in [0.4, 0.5) is 18.9 Å². The summed E-state index contributed by atoms with van der Waals surface area (Å²) < 4.78 is 31.7. The SMILES string of the molecule is CC(C)[C@H](NC(=O)[C@H](CC(=O)O)NC(=O)CCCc1ccc(N=C(N)N)cc1)C(=O)O.O=C(O)C(F)(F)F. The Morgan fingerprint density at radius 3 is 1.89 bits per heavy atom. The fourth-order valence-electron chi connectivity index (χ4n) is 2.76. The van der Waals surface area contributed by atoms with Crippen molar-refractivity contribution < 1.29 is 52.5 Å². The molecule has 0 fully saturated rings. The Hall–Kier alpha value is -4.37. The minimum absolute atomic E-state index is 0.0487. The number of alkyl halides is 3. The number of nitrogens with two attached hydrogens (primary N) is 2. The molecule has 0 unspecified atom stereocenters. The van der Waals surface area contributed by atoms with Crippen LogP contribution in [0.1, 0.15) is 38.7 Å². The summed E-state index contributed by atoms with van der Waals surface area (Å²) in [5.41, 5.74) is 12.2. The van der Waals surface area contributed by atoms with E-state index in [4.69, 9.17) is 26.5 Å². The van der Waals surface area contributed by atoms with Crippen LogP contribution in [-0.4, -0.2) is 69.3 Å². The maximum absolute atomic E-state index is 12.4. The number of guanidine groups is 1. The van der Waals surface area contributed by atoms with Gasteiger partial charge in [0.25, 0.3) is 0 Å². The zero-order chi connectivity index (χ0) is 29.6. The monoisotopic (exact) mass is 549 g/mol. The molecule has 1 aromatic carbocycles. The third-order valence-electron chi connectivity index (χ3n) is 4.57. The number of nitrogens with one attached hydrogen (secondary N) is 2. The minimum Gasteiger partial charge on any atom is -0.481 e. The summed E-state index contributed by atoms with van der Waals surface area (Å²) in [5.74, 6) is -7.12. The largest absolute Gasteiger partial charge is 0.490 e. The molecule has 0 spiro atoms. The standard InChI is InChI=1S/C20H29N5O6.C2HF3O2/c1-11(2)17(19(30)31)25-18(29)14(10-16(27)28)24-15(26)5-3-4-12-6-8-13(9-7-12)23-20(21)22;3-2(4,5)1(6)7/h6-9,11,14,17H,3-5,10H2,1-2H3,(H,24,26)(H,25,29)(H,27,28)(H,30,31)(H4,21,22,23);(H,6,7)/t14-,17-;/m0./s1. The number of amides is 2. The zero-order valence-corrected chi connectivity index (χ0v) is 20.5. The van der Waals surface area contributed by atoms with Crippen molar-refractivity contribution in [2.75, 3.05) is 0 Å². The smallest absolute Gasteiger partial charge is 0.481 e. The van der Waals surface area contributed by atoms with E-state index in [0.717, 1.165) is 5.56 Å². The second-order valence-electron chi connectivity index (χ2n) is 8.15. The van der Waals surface area contributed by atoms with E-state index in [1.54, 1.807) is 26.0 Å². The topological polar surface area (TPSA) is 234 Å². The summed E-state index contributed by atoms with van der Waals surface area (Å²) in [5, 5.41) is 30.0. The fourth-order valence-corrected chi connectivity index (χ4v) is 2.76. The molecule has 212 valence electrons. The molecule has 13 nitrogen and oxygen atoms in total. The number of benzene rings is 1. The summed E-state index contributed by atoms with van der Waals surface area (Å²) in [7, 11) is 0. The van der Waals surface area contributed by atoms with Crippen molar-refractivity contribution in [1.82, 2.24) is 10.6 Å². The number of aliphatic carboxylic acids is 3. The molecule has 2 atom stereocenters. The van der Waals surface area contributed by atoms with Crippen molar-refractivity contribution in [3.63, 3.8) is 0 Å². The van der Waals surface area contributed by atoms with Crippen LogP contribution in [0.3, 0.4) is 0 Å². The highest BCUT2D eigenvalue weighted by molar-refractivity contribution is 5.92. The molecule has 0 heterocycles. The van der Waals surface area contributed by atoms with Gasteiger partial charge in [0.05, 0.1) is 12.1 Å². The Morgan fingerprint density at radius 2 is 1.50 bits per heavy atom. The molecule has 0 saturated heterocycles. The van der Waals surface area contributed by atoms with E-state index in [1.807, 2.05) is 12.1 Å². The van der Waals surface area contributed by atoms with E-state index in [2.05, 4.69) is 15.6 Å². The molecular weight excluding hydrogens is 519 g/mol. The van der Waals surface area contributed by atoms with Gasteiger partial charge in [-0.25, -0.2) is 14.6 Å². The molecule has 0 bridgehead atoms. The molecule has 38 heavy (non-hydrogen) atoms. The van der Waals surface area contributed by atoms with Crippen LogP contribution >= 0.6 is 0 Å². The van der Waals surface area contributed by atoms with E-state index in [9.17, 15) is 37.5 Å². The highest BCUT2D eigenvalue weighted by atomic mass is 19.4. The maximum Gasteiger partial charge on any atom is 0.490 e. The van der Waals surface area contributed by atoms with Crippen LogP contribution in [0.15, 0.2) is 29.3 Å². The van der Waals surface area contributed by atoms with Gasteiger partial charge in [-0.05, 0) is 36.5 Å². The van der Waals surface area contributed by atoms with Gasteiger partial charge in [-0.15, -0.1) is 0 Å². The van der Waals surface area contributed by atoms with Crippen molar-refractivity contribution in [1.29, 1.82) is 0 Å². The fraction of sp³-hybridized carbons (Fsp3) is 0.455. The van der Waals surface area contributed by atoms with Crippen LogP contribution in [0.2, 0.25) is 0 Å². The zero-order valence-electron chi connectivity index (χ0n) is 20.5. The summed E-state index contributed by atoms with van der Waals surface area (Å²) in [6, 6.07) is 4.54. The lowest BCUT2D eigenvalue weighted by Gasteiger charge is -2.22. The Kier molecular flexibility index (Phi) is 13.9. The van der Waals surface area contributed by atoms with E-state index in [-0.39, 0.29) is 12.4 Å². The predicted molar refractivity (Wildman–Crippen MR) is 127 cm³/mol. The van der Waals surface area contributed by atoms with Crippen LogP contribution in [0, 0.1) is 5.92 Å². The number of rotatable bonds is 12. The molecule has 16 heteroatoms. The molecule has 0 radical (unpaired) electrons. The van der Waals surface area contributed by atoms with Crippen molar-refractivity contribution in [3.05, 3.63) is 29.8 Å². The number of hydrogen-bond acceptors (Lipinski definition) is 6. The molecule has 0 saturated carbocycles. The van der Waals surface area contributed by atoms with E-state index < -0.39 is 60.3 Å². The van der Waals surface area contributed by atoms with Gasteiger partial charge >= 0.3 is 24.1 Å². The Morgan fingerprint density at radius 1 is 0.974 bits per heavy atom. The van der Waals surface area contributed by atoms with Gasteiger partial charge in [-0.1, -0.05) is 26.0 Å². The number of aliphatic imine (C=N–C) groups is 1. The first-order valence-electron chi connectivity index (χ1n) is 11.0. The molecule has 0 aliphatic rings. The average Bonchev–Trinajstić information content (AvgIpc) is 2.76. The highest BCUT2D eigenvalue weighted by Gasteiger charge is 2.38. The maximum atomic E-state index is 12.4. The summed E-state index contributed by atoms with van der Waals surface area (Å²) in [6.45, 7) is 3.21. The summed E-state index contributed by atoms with van der Waals surface area (Å²) in [6.07, 6.45) is -4.65. The highest BCUT2D eigenvalue weighted by Crippen LogP contribution is 2.15. The number of carboxylic acids is 3. The summed E-state index contributed by atoms with van der Waals surface area (Å²) in [4.78, 5) is 59.7. The lowest BCUT2D eigenvalue weighted by Crippen LogP contribution is -2.53. The van der Waals surface area contributed by atoms with Crippen molar-refractivity contribution in [2.45, 2.75) is 57.8 Å². The number of carbonyl (C=O) groups is 5. The number of hydrogen-bond donors (Lipinski definition) is 7. The van der Waals surface area contributed by atoms with Gasteiger partial charge in [-0.3, -0.25) is 14.4 Å². The molecule has 9 N–H and O–H groups in total. The molecular formula is C22H30F3N5O8. The van der Waals surface area contributed by atoms with Crippen molar-refractivity contribution in [3.8, 4) is 0 Å². The molecule has 0 aliphatic carbocycles. The van der Waals surface area contributed by atoms with E-state index in [0.29, 0.717) is 18.5 Å². The normalized spacial score (nSPS) is 12.3. The number of nitrogens with zero attached hydrogens (tertiary/aromatic N) is 1. The third kappa shape index (κ3) is 14.3. The van der Waals surface area contributed by atoms with Gasteiger partial charge < -0.3 is 37.4 Å². The second kappa shape index (κ2) is 15.7. The third-order valence-corrected chi connectivity index (χ3v) is 4.57. The lowest BCUT2D eigenvalue weighted by atomic mass is 10.0. The van der Waals surface area contributed by atoms with E-state index >= 15 is 0 Å². The lowest BCUT2D eigenvalue weighted by molar-refractivity contribution is -0.192. The average molecular weight is 550 g/mol. The van der Waals surface area contributed by atoms with Crippen LogP contribution in [-0.2, 0) is 30.4 Å². The molecule has 1 rings (SSSR count). The predicted octanol–water partition coefficient (Wildman–Crippen LogP) is 0.732. The van der Waals surface area contributed by atoms with Crippen LogP contribution in [0.5, 0.6) is 0 Å². The van der Waals surface area contributed by atoms with E-state index in [1.165, 1.54) is 0 Å². The molecule has 1 aromatic rings. The quantitative estimate of drug-likeness (QED) is 0.143. The molecule has 0 aromatic heterocycles. The van der Waals surface area contributed by atoms with Gasteiger partial charge in [0.1, 0.15) is 12.1 Å². The minimum atomic E-state index is -5.08. The van der Waals surface area contributed by atoms with Gasteiger partial charge in [0.2, 0.25) is 11.8 Å². The van der Waals surface area contributed by atoms with Gasteiger partial charge in [0, 0.05) is 6.42 Å². The molecule has 0 aliphatic heterocycles. The number of carbonyl (C=O) groups excluding carboxylic acids is 2. The first-order chi connectivity index (χ1) is 17.4. The number of aryl methyl sites for hydroxylation is 1. The van der Waals surface area contributed by atoms with Gasteiger partial charge in [0.15, 0.2) is 5.96 Å². The first-order valence-corrected chi connectivity index (χ1v) is 11.0. The Labute approximate surface area is 215 Å². The van der Waals surface area contributed by atoms with Crippen LogP contribution in [0.25, 0.3) is 0 Å².